The lowest BCUT2D eigenvalue weighted by atomic mass is 9.62. The van der Waals surface area contributed by atoms with E-state index >= 15 is 0 Å². The molecule has 1 aromatic heterocycles. The highest BCUT2D eigenvalue weighted by Crippen LogP contribution is 2.47. The minimum absolute atomic E-state index is 0.106. The van der Waals surface area contributed by atoms with Gasteiger partial charge in [-0.05, 0) is 71.4 Å². The van der Waals surface area contributed by atoms with Crippen molar-refractivity contribution in [1.82, 2.24) is 9.97 Å². The Morgan fingerprint density at radius 3 is 2.27 bits per heavy atom. The quantitative estimate of drug-likeness (QED) is 0.785. The first kappa shape index (κ1) is 18.4. The van der Waals surface area contributed by atoms with Crippen molar-refractivity contribution < 1.29 is 9.90 Å². The molecule has 4 heteroatoms. The molecule has 138 valence electrons. The summed E-state index contributed by atoms with van der Waals surface area (Å²) in [5.74, 6) is -0.430. The summed E-state index contributed by atoms with van der Waals surface area (Å²) >= 11 is 0. The smallest absolute Gasteiger partial charge is 0.353 e. The van der Waals surface area contributed by atoms with Gasteiger partial charge in [-0.1, -0.05) is 39.8 Å². The second-order valence-corrected chi connectivity index (χ2v) is 8.80. The molecule has 2 N–H and O–H groups in total. The zero-order chi connectivity index (χ0) is 19.3. The fourth-order valence-corrected chi connectivity index (χ4v) is 3.95. The highest BCUT2D eigenvalue weighted by molar-refractivity contribution is 5.86. The molecule has 1 heterocycles. The Bertz CT molecular complexity index is 901. The monoisotopic (exact) mass is 352 g/mol. The lowest BCUT2D eigenvalue weighted by Gasteiger charge is -2.42. The van der Waals surface area contributed by atoms with Crippen LogP contribution in [-0.2, 0) is 10.8 Å². The van der Waals surface area contributed by atoms with Crippen molar-refractivity contribution in [2.24, 2.45) is 0 Å². The van der Waals surface area contributed by atoms with Gasteiger partial charge in [0.1, 0.15) is 11.5 Å². The number of benzene rings is 1. The van der Waals surface area contributed by atoms with Crippen molar-refractivity contribution >= 4 is 17.6 Å². The molecule has 0 radical (unpaired) electrons. The van der Waals surface area contributed by atoms with Crippen molar-refractivity contribution in [3.8, 4) is 0 Å². The fraction of sp³-hybridized carbons (Fsp3) is 0.455. The van der Waals surface area contributed by atoms with Gasteiger partial charge in [0.25, 0.3) is 0 Å². The number of aromatic amines is 1. The highest BCUT2D eigenvalue weighted by atomic mass is 16.4. The fourth-order valence-electron chi connectivity index (χ4n) is 3.95. The van der Waals surface area contributed by atoms with E-state index in [0.29, 0.717) is 5.82 Å². The third-order valence-corrected chi connectivity index (χ3v) is 5.80. The maximum absolute atomic E-state index is 11.0. The molecule has 0 saturated carbocycles. The predicted octanol–water partition coefficient (Wildman–Crippen LogP) is 5.33. The largest absolute Gasteiger partial charge is 0.477 e. The van der Waals surface area contributed by atoms with Gasteiger partial charge in [-0.2, -0.15) is 0 Å². The Labute approximate surface area is 155 Å². The Morgan fingerprint density at radius 2 is 1.73 bits per heavy atom. The Balaban J connectivity index is 2.08. The molecule has 0 bridgehead atoms. The number of carboxylic acid groups (broad SMARTS) is 1. The first-order valence-corrected chi connectivity index (χ1v) is 9.14. The zero-order valence-corrected chi connectivity index (χ0v) is 16.5. The van der Waals surface area contributed by atoms with Crippen LogP contribution in [0.15, 0.2) is 18.3 Å². The minimum atomic E-state index is -0.997. The summed E-state index contributed by atoms with van der Waals surface area (Å²) in [7, 11) is 0. The van der Waals surface area contributed by atoms with Crippen LogP contribution in [-0.4, -0.2) is 21.0 Å². The molecule has 3 rings (SSSR count). The van der Waals surface area contributed by atoms with E-state index in [9.17, 15) is 4.79 Å². The van der Waals surface area contributed by atoms with Crippen molar-refractivity contribution in [3.05, 3.63) is 52.1 Å². The number of aromatic nitrogens is 2. The third kappa shape index (κ3) is 3.20. The molecule has 0 spiro atoms. The van der Waals surface area contributed by atoms with E-state index in [1.54, 1.807) is 0 Å². The van der Waals surface area contributed by atoms with E-state index in [2.05, 4.69) is 63.6 Å². The van der Waals surface area contributed by atoms with Gasteiger partial charge in [-0.15, -0.1) is 0 Å². The van der Waals surface area contributed by atoms with E-state index in [4.69, 9.17) is 5.11 Å². The molecule has 1 aromatic carbocycles. The van der Waals surface area contributed by atoms with E-state index in [0.717, 1.165) is 5.57 Å². The SMILES string of the molecule is C/C(=C/c1ncc(C(=O)O)[nH]1)c1cc2c(cc1C)C(C)(C)CCC2(C)C. The Kier molecular flexibility index (Phi) is 4.33. The highest BCUT2D eigenvalue weighted by Gasteiger charge is 2.37. The van der Waals surface area contributed by atoms with Gasteiger partial charge >= 0.3 is 5.97 Å². The van der Waals surface area contributed by atoms with Gasteiger partial charge in [0.15, 0.2) is 0 Å². The summed E-state index contributed by atoms with van der Waals surface area (Å²) in [5, 5.41) is 9.04. The standard InChI is InChI=1S/C22H28N2O2/c1-13-9-16-17(22(5,6)8-7-21(16,3)4)11-15(13)14(2)10-19-23-12-18(24-19)20(25)26/h9-12H,7-8H2,1-6H3,(H,23,24)(H,25,26)/b14-10-. The van der Waals surface area contributed by atoms with Crippen LogP contribution in [0.5, 0.6) is 0 Å². The van der Waals surface area contributed by atoms with Crippen LogP contribution in [0.4, 0.5) is 0 Å². The first-order valence-electron chi connectivity index (χ1n) is 9.14. The number of imidazole rings is 1. The van der Waals surface area contributed by atoms with Crippen molar-refractivity contribution in [3.63, 3.8) is 0 Å². The number of nitrogens with zero attached hydrogens (tertiary/aromatic N) is 1. The first-order chi connectivity index (χ1) is 12.0. The molecule has 26 heavy (non-hydrogen) atoms. The molecule has 0 amide bonds. The van der Waals surface area contributed by atoms with Crippen LogP contribution in [0.25, 0.3) is 11.6 Å². The van der Waals surface area contributed by atoms with Gasteiger partial charge in [0, 0.05) is 0 Å². The molecule has 0 fully saturated rings. The summed E-state index contributed by atoms with van der Waals surface area (Å²) in [6, 6.07) is 4.67. The normalized spacial score (nSPS) is 18.5. The predicted molar refractivity (Wildman–Crippen MR) is 106 cm³/mol. The van der Waals surface area contributed by atoms with Crippen LogP contribution >= 0.6 is 0 Å². The topological polar surface area (TPSA) is 66.0 Å². The van der Waals surface area contributed by atoms with E-state index < -0.39 is 5.97 Å². The van der Waals surface area contributed by atoms with Crippen molar-refractivity contribution in [1.29, 1.82) is 0 Å². The maximum atomic E-state index is 11.0. The van der Waals surface area contributed by atoms with Gasteiger partial charge in [-0.25, -0.2) is 9.78 Å². The zero-order valence-electron chi connectivity index (χ0n) is 16.5. The van der Waals surface area contributed by atoms with Crippen LogP contribution < -0.4 is 0 Å². The number of aryl methyl sites for hydroxylation is 1. The Hall–Kier alpha value is -2.36. The van der Waals surface area contributed by atoms with Crippen LogP contribution in [0.1, 0.15) is 86.0 Å². The number of nitrogens with one attached hydrogen (secondary N) is 1. The second-order valence-electron chi connectivity index (χ2n) is 8.80. The number of aromatic carboxylic acids is 1. The van der Waals surface area contributed by atoms with Crippen LogP contribution in [0, 0.1) is 6.92 Å². The number of carboxylic acids is 1. The molecule has 0 saturated heterocycles. The summed E-state index contributed by atoms with van der Waals surface area (Å²) in [6.45, 7) is 13.5. The molecule has 2 aromatic rings. The number of rotatable bonds is 3. The molecular formula is C22H28N2O2. The second kappa shape index (κ2) is 6.11. The summed E-state index contributed by atoms with van der Waals surface area (Å²) in [4.78, 5) is 18.0. The van der Waals surface area contributed by atoms with Gasteiger partial charge in [0.05, 0.1) is 6.20 Å². The van der Waals surface area contributed by atoms with Gasteiger partial charge < -0.3 is 10.1 Å². The molecule has 1 aliphatic carbocycles. The van der Waals surface area contributed by atoms with Gasteiger partial charge in [0.2, 0.25) is 0 Å². The van der Waals surface area contributed by atoms with Crippen LogP contribution in [0.3, 0.4) is 0 Å². The minimum Gasteiger partial charge on any atom is -0.477 e. The molecule has 4 nitrogen and oxygen atoms in total. The number of H-pyrrole nitrogens is 1. The van der Waals surface area contributed by atoms with Crippen LogP contribution in [0.2, 0.25) is 0 Å². The molecular weight excluding hydrogens is 324 g/mol. The molecule has 1 aliphatic rings. The van der Waals surface area contributed by atoms with E-state index in [1.165, 1.54) is 41.3 Å². The number of hydrogen-bond donors (Lipinski definition) is 2. The number of carbonyl (C=O) groups is 1. The van der Waals surface area contributed by atoms with Crippen molar-refractivity contribution in [2.75, 3.05) is 0 Å². The number of allylic oxidation sites excluding steroid dienone is 1. The lowest BCUT2D eigenvalue weighted by Crippen LogP contribution is -2.34. The molecule has 0 atom stereocenters. The average Bonchev–Trinajstić information content (AvgIpc) is 3.00. The third-order valence-electron chi connectivity index (χ3n) is 5.80. The maximum Gasteiger partial charge on any atom is 0.353 e. The summed E-state index contributed by atoms with van der Waals surface area (Å²) < 4.78 is 0. The Morgan fingerprint density at radius 1 is 1.15 bits per heavy atom. The lowest BCUT2D eigenvalue weighted by molar-refractivity contribution is 0.0691. The molecule has 0 aliphatic heterocycles. The van der Waals surface area contributed by atoms with Gasteiger partial charge in [-0.3, -0.25) is 0 Å². The average molecular weight is 352 g/mol. The van der Waals surface area contributed by atoms with E-state index in [1.807, 2.05) is 6.08 Å². The van der Waals surface area contributed by atoms with E-state index in [-0.39, 0.29) is 16.5 Å². The summed E-state index contributed by atoms with van der Waals surface area (Å²) in [5.41, 5.74) is 6.86. The number of fused-ring (bicyclic) bond motifs is 1. The number of hydrogen-bond acceptors (Lipinski definition) is 2. The molecule has 0 unspecified atom stereocenters. The van der Waals surface area contributed by atoms with Crippen molar-refractivity contribution in [2.45, 2.75) is 65.2 Å². The summed E-state index contributed by atoms with van der Waals surface area (Å²) in [6.07, 6.45) is 5.65.